The third kappa shape index (κ3) is 4.19. The van der Waals surface area contributed by atoms with E-state index in [0.717, 1.165) is 43.3 Å². The predicted molar refractivity (Wildman–Crippen MR) is 113 cm³/mol. The van der Waals surface area contributed by atoms with Crippen molar-refractivity contribution >= 4 is 57.9 Å². The van der Waals surface area contributed by atoms with Crippen molar-refractivity contribution in [2.24, 2.45) is 0 Å². The largest absolute Gasteiger partial charge is 0.353 e. The van der Waals surface area contributed by atoms with Crippen LogP contribution in [0.2, 0.25) is 8.67 Å². The van der Waals surface area contributed by atoms with Crippen LogP contribution < -0.4 is 15.1 Å². The number of hydrogen-bond donors (Lipinski definition) is 1. The summed E-state index contributed by atoms with van der Waals surface area (Å²) in [6.07, 6.45) is 4.98. The fourth-order valence-corrected chi connectivity index (χ4v) is 4.38. The summed E-state index contributed by atoms with van der Waals surface area (Å²) in [5, 5.41) is 2.74. The van der Waals surface area contributed by atoms with Gasteiger partial charge in [-0.2, -0.15) is 0 Å². The third-order valence-electron chi connectivity index (χ3n) is 4.33. The SMILES string of the molecule is O=C(Nc1cnc(N2CCN(c3ccccn3)CC2)nc1)c1cc(Cl)sc1Cl. The lowest BCUT2D eigenvalue weighted by Gasteiger charge is -2.35. The van der Waals surface area contributed by atoms with Gasteiger partial charge in [0.05, 0.1) is 28.0 Å². The Balaban J connectivity index is 1.36. The second-order valence-corrected chi connectivity index (χ2v) is 8.41. The molecule has 28 heavy (non-hydrogen) atoms. The van der Waals surface area contributed by atoms with Gasteiger partial charge in [-0.05, 0) is 18.2 Å². The number of nitrogens with zero attached hydrogens (tertiary/aromatic N) is 5. The molecule has 0 saturated carbocycles. The first-order valence-electron chi connectivity index (χ1n) is 8.59. The molecule has 1 aliphatic rings. The summed E-state index contributed by atoms with van der Waals surface area (Å²) in [5.74, 6) is 1.28. The highest BCUT2D eigenvalue weighted by Gasteiger charge is 2.20. The minimum Gasteiger partial charge on any atom is -0.353 e. The second-order valence-electron chi connectivity index (χ2n) is 6.13. The Morgan fingerprint density at radius 1 is 1.04 bits per heavy atom. The first kappa shape index (κ1) is 18.9. The van der Waals surface area contributed by atoms with Gasteiger partial charge in [0.25, 0.3) is 5.91 Å². The molecule has 1 amide bonds. The highest BCUT2D eigenvalue weighted by molar-refractivity contribution is 7.20. The molecule has 0 spiro atoms. The number of halogens is 2. The molecule has 10 heteroatoms. The lowest BCUT2D eigenvalue weighted by Crippen LogP contribution is -2.47. The summed E-state index contributed by atoms with van der Waals surface area (Å²) in [5.41, 5.74) is 0.839. The molecule has 3 aromatic heterocycles. The van der Waals surface area contributed by atoms with Crippen LogP contribution in [0.4, 0.5) is 17.5 Å². The van der Waals surface area contributed by atoms with Gasteiger partial charge in [-0.3, -0.25) is 4.79 Å². The molecule has 4 rings (SSSR count). The fourth-order valence-electron chi connectivity index (χ4n) is 2.92. The molecule has 1 aliphatic heterocycles. The van der Waals surface area contributed by atoms with E-state index in [0.29, 0.717) is 25.9 Å². The molecule has 3 aromatic rings. The van der Waals surface area contributed by atoms with Gasteiger partial charge < -0.3 is 15.1 Å². The molecular formula is C18H16Cl2N6OS. The molecule has 0 aromatic carbocycles. The molecule has 0 atom stereocenters. The zero-order chi connectivity index (χ0) is 19.5. The molecule has 1 fully saturated rings. The average Bonchev–Trinajstić information content (AvgIpc) is 3.07. The Morgan fingerprint density at radius 3 is 2.36 bits per heavy atom. The number of piperazine rings is 1. The van der Waals surface area contributed by atoms with Crippen molar-refractivity contribution < 1.29 is 4.79 Å². The van der Waals surface area contributed by atoms with E-state index in [1.54, 1.807) is 24.7 Å². The zero-order valence-electron chi connectivity index (χ0n) is 14.7. The number of nitrogens with one attached hydrogen (secondary N) is 1. The number of amides is 1. The molecule has 7 nitrogen and oxygen atoms in total. The number of pyridine rings is 1. The summed E-state index contributed by atoms with van der Waals surface area (Å²) in [6.45, 7) is 3.28. The van der Waals surface area contributed by atoms with Gasteiger partial charge in [-0.1, -0.05) is 29.3 Å². The summed E-state index contributed by atoms with van der Waals surface area (Å²) in [4.78, 5) is 29.8. The van der Waals surface area contributed by atoms with Crippen molar-refractivity contribution in [3.8, 4) is 0 Å². The van der Waals surface area contributed by atoms with Crippen molar-refractivity contribution in [3.05, 3.63) is 57.1 Å². The summed E-state index contributed by atoms with van der Waals surface area (Å²) in [6, 6.07) is 7.45. The van der Waals surface area contributed by atoms with Gasteiger partial charge in [0, 0.05) is 32.4 Å². The van der Waals surface area contributed by atoms with E-state index in [-0.39, 0.29) is 5.91 Å². The Labute approximate surface area is 176 Å². The fraction of sp³-hybridized carbons (Fsp3) is 0.222. The van der Waals surface area contributed by atoms with Crippen molar-refractivity contribution in [2.75, 3.05) is 41.3 Å². The maximum atomic E-state index is 12.3. The van der Waals surface area contributed by atoms with E-state index in [4.69, 9.17) is 23.2 Å². The summed E-state index contributed by atoms with van der Waals surface area (Å²) >= 11 is 13.1. The smallest absolute Gasteiger partial charge is 0.258 e. The molecule has 1 saturated heterocycles. The molecule has 1 N–H and O–H groups in total. The van der Waals surface area contributed by atoms with E-state index >= 15 is 0 Å². The van der Waals surface area contributed by atoms with Crippen molar-refractivity contribution in [3.63, 3.8) is 0 Å². The Bertz CT molecular complexity index is 958. The Hall–Kier alpha value is -2.42. The van der Waals surface area contributed by atoms with E-state index in [9.17, 15) is 4.79 Å². The average molecular weight is 435 g/mol. The van der Waals surface area contributed by atoms with Crippen LogP contribution in [-0.2, 0) is 0 Å². The second kappa shape index (κ2) is 8.30. The normalized spacial score (nSPS) is 14.2. The van der Waals surface area contributed by atoms with Crippen LogP contribution >= 0.6 is 34.5 Å². The number of carbonyl (C=O) groups is 1. The number of hydrogen-bond acceptors (Lipinski definition) is 7. The lowest BCUT2D eigenvalue weighted by atomic mass is 10.3. The number of carbonyl (C=O) groups excluding carboxylic acids is 1. The number of anilines is 3. The van der Waals surface area contributed by atoms with E-state index in [1.165, 1.54) is 0 Å². The van der Waals surface area contributed by atoms with Crippen molar-refractivity contribution in [1.82, 2.24) is 15.0 Å². The number of rotatable bonds is 4. The van der Waals surface area contributed by atoms with Gasteiger partial charge in [-0.15, -0.1) is 11.3 Å². The first-order valence-corrected chi connectivity index (χ1v) is 10.2. The molecule has 0 unspecified atom stereocenters. The quantitative estimate of drug-likeness (QED) is 0.672. The van der Waals surface area contributed by atoms with Crippen LogP contribution in [0.25, 0.3) is 0 Å². The maximum Gasteiger partial charge on any atom is 0.258 e. The Kier molecular flexibility index (Phi) is 5.61. The van der Waals surface area contributed by atoms with Crippen LogP contribution in [-0.4, -0.2) is 47.0 Å². The van der Waals surface area contributed by atoms with Crippen LogP contribution in [0.1, 0.15) is 10.4 Å². The molecular weight excluding hydrogens is 419 g/mol. The van der Waals surface area contributed by atoms with Crippen LogP contribution in [0, 0.1) is 0 Å². The van der Waals surface area contributed by atoms with Crippen LogP contribution in [0.15, 0.2) is 42.9 Å². The van der Waals surface area contributed by atoms with E-state index < -0.39 is 0 Å². The number of thiophene rings is 1. The summed E-state index contributed by atoms with van der Waals surface area (Å²) < 4.78 is 0.817. The minimum atomic E-state index is -0.339. The van der Waals surface area contributed by atoms with Crippen molar-refractivity contribution in [2.45, 2.75) is 0 Å². The van der Waals surface area contributed by atoms with Crippen molar-refractivity contribution in [1.29, 1.82) is 0 Å². The molecule has 0 radical (unpaired) electrons. The number of aromatic nitrogens is 3. The van der Waals surface area contributed by atoms with E-state index in [2.05, 4.69) is 30.1 Å². The van der Waals surface area contributed by atoms with Gasteiger partial charge in [0.15, 0.2) is 0 Å². The topological polar surface area (TPSA) is 74.2 Å². The Morgan fingerprint density at radius 2 is 1.75 bits per heavy atom. The monoisotopic (exact) mass is 434 g/mol. The molecule has 0 bridgehead atoms. The molecule has 0 aliphatic carbocycles. The zero-order valence-corrected chi connectivity index (χ0v) is 17.0. The van der Waals surface area contributed by atoms with Gasteiger partial charge in [0.2, 0.25) is 5.95 Å². The molecule has 144 valence electrons. The lowest BCUT2D eigenvalue weighted by molar-refractivity contribution is 0.102. The van der Waals surface area contributed by atoms with Gasteiger partial charge >= 0.3 is 0 Å². The standard InChI is InChI=1S/C18H16Cl2N6OS/c19-14-9-13(16(20)28-14)17(27)24-12-10-22-18(23-11-12)26-7-5-25(6-8-26)15-3-1-2-4-21-15/h1-4,9-11H,5-8H2,(H,24,27). The first-order chi connectivity index (χ1) is 13.6. The molecule has 4 heterocycles. The van der Waals surface area contributed by atoms with E-state index in [1.807, 2.05) is 18.2 Å². The minimum absolute atomic E-state index is 0.339. The predicted octanol–water partition coefficient (Wildman–Crippen LogP) is 3.82. The highest BCUT2D eigenvalue weighted by atomic mass is 35.5. The third-order valence-corrected chi connectivity index (χ3v) is 5.82. The van der Waals surface area contributed by atoms with Crippen LogP contribution in [0.5, 0.6) is 0 Å². The van der Waals surface area contributed by atoms with Crippen LogP contribution in [0.3, 0.4) is 0 Å². The van der Waals surface area contributed by atoms with Gasteiger partial charge in [0.1, 0.15) is 10.2 Å². The highest BCUT2D eigenvalue weighted by Crippen LogP contribution is 2.31. The maximum absolute atomic E-state index is 12.3. The summed E-state index contributed by atoms with van der Waals surface area (Å²) in [7, 11) is 0. The van der Waals surface area contributed by atoms with Gasteiger partial charge in [-0.25, -0.2) is 15.0 Å².